The van der Waals surface area contributed by atoms with Gasteiger partial charge in [-0.25, -0.2) is 19.6 Å². The van der Waals surface area contributed by atoms with E-state index in [1.807, 2.05) is 24.3 Å². The van der Waals surface area contributed by atoms with Crippen molar-refractivity contribution in [3.05, 3.63) is 28.0 Å². The molecule has 3 rings (SSSR count). The zero-order valence-electron chi connectivity index (χ0n) is 13.3. The normalized spacial score (nSPS) is 13.9. The lowest BCUT2D eigenvalue weighted by Crippen LogP contribution is -2.53. The highest BCUT2D eigenvalue weighted by molar-refractivity contribution is 7.16. The van der Waals surface area contributed by atoms with Gasteiger partial charge in [0.2, 0.25) is 0 Å². The van der Waals surface area contributed by atoms with Crippen molar-refractivity contribution in [2.24, 2.45) is 0 Å². The molecular formula is C14H17N4O4S+. The van der Waals surface area contributed by atoms with Crippen LogP contribution in [0.4, 0.5) is 9.59 Å². The van der Waals surface area contributed by atoms with Crippen LogP contribution in [-0.4, -0.2) is 41.4 Å². The third-order valence-electron chi connectivity index (χ3n) is 3.70. The minimum absolute atomic E-state index is 0.216. The molecule has 2 aromatic rings. The summed E-state index contributed by atoms with van der Waals surface area (Å²) in [4.78, 5) is 30.4. The molecule has 9 heteroatoms. The summed E-state index contributed by atoms with van der Waals surface area (Å²) >= 11 is 1.50. The monoisotopic (exact) mass is 337 g/mol. The van der Waals surface area contributed by atoms with E-state index in [2.05, 4.69) is 4.98 Å². The number of ether oxygens (including phenoxy) is 2. The summed E-state index contributed by atoms with van der Waals surface area (Å²) in [5.41, 5.74) is 2.89. The van der Waals surface area contributed by atoms with E-state index in [0.717, 1.165) is 26.9 Å². The summed E-state index contributed by atoms with van der Waals surface area (Å²) in [6.45, 7) is 4.38. The van der Waals surface area contributed by atoms with E-state index in [1.165, 1.54) is 35.6 Å². The van der Waals surface area contributed by atoms with Gasteiger partial charge in [-0.2, -0.15) is 4.40 Å². The average molecular weight is 337 g/mol. The molecule has 0 radical (unpaired) electrons. The van der Waals surface area contributed by atoms with Crippen molar-refractivity contribution >= 4 is 28.5 Å². The molecule has 0 bridgehead atoms. The fourth-order valence-electron chi connectivity index (χ4n) is 2.71. The Balaban J connectivity index is 2.13. The number of methoxy groups -OCH3 is 2. The zero-order chi connectivity index (χ0) is 16.7. The first-order chi connectivity index (χ1) is 11.0. The number of hydrogen-bond acceptors (Lipinski definition) is 6. The standard InChI is InChI=1S/C14H17N4O4S/c1-8-5-9(2)18-10-6-16(13(19)21-3)17(14(20)22-4)7-11(10)23-12(18)15-8/h5H,6-7H2,1-4H3/q+1. The third kappa shape index (κ3) is 2.46. The average Bonchev–Trinajstić information content (AvgIpc) is 2.89. The molecule has 23 heavy (non-hydrogen) atoms. The molecule has 0 saturated carbocycles. The van der Waals surface area contributed by atoms with Gasteiger partial charge in [0.25, 0.3) is 0 Å². The number of aryl methyl sites for hydroxylation is 2. The summed E-state index contributed by atoms with van der Waals surface area (Å²) in [6.07, 6.45) is -1.22. The molecule has 0 atom stereocenters. The van der Waals surface area contributed by atoms with E-state index in [-0.39, 0.29) is 13.1 Å². The molecule has 0 spiro atoms. The second-order valence-electron chi connectivity index (χ2n) is 5.18. The fourth-order valence-corrected chi connectivity index (χ4v) is 3.93. The molecule has 0 saturated heterocycles. The zero-order valence-corrected chi connectivity index (χ0v) is 14.1. The molecule has 0 aliphatic carbocycles. The number of carbonyl (C=O) groups excluding carboxylic acids is 2. The van der Waals surface area contributed by atoms with Crippen LogP contribution >= 0.6 is 11.3 Å². The van der Waals surface area contributed by atoms with Crippen LogP contribution in [0.25, 0.3) is 4.96 Å². The molecule has 0 fully saturated rings. The van der Waals surface area contributed by atoms with E-state index in [4.69, 9.17) is 9.47 Å². The maximum absolute atomic E-state index is 12.0. The third-order valence-corrected chi connectivity index (χ3v) is 4.76. The molecule has 8 nitrogen and oxygen atoms in total. The largest absolute Gasteiger partial charge is 0.452 e. The van der Waals surface area contributed by atoms with Crippen LogP contribution in [0.2, 0.25) is 0 Å². The number of thiazole rings is 1. The van der Waals surface area contributed by atoms with E-state index in [1.54, 1.807) is 0 Å². The highest BCUT2D eigenvalue weighted by atomic mass is 32.1. The summed E-state index contributed by atoms with van der Waals surface area (Å²) in [5, 5.41) is 2.49. The van der Waals surface area contributed by atoms with Gasteiger partial charge in [0.1, 0.15) is 17.9 Å². The molecule has 1 aliphatic heterocycles. The van der Waals surface area contributed by atoms with Crippen molar-refractivity contribution in [3.63, 3.8) is 0 Å². The SMILES string of the molecule is COC(=O)N1Cc2sc3nc(C)cc(C)[n+]3c2CN1C(=O)OC. The molecule has 0 unspecified atom stereocenters. The Bertz CT molecular complexity index is 804. The van der Waals surface area contributed by atoms with Crippen molar-refractivity contribution in [2.75, 3.05) is 14.2 Å². The number of nitrogens with zero attached hydrogens (tertiary/aromatic N) is 4. The van der Waals surface area contributed by atoms with Crippen molar-refractivity contribution in [3.8, 4) is 0 Å². The molecule has 122 valence electrons. The first-order valence-electron chi connectivity index (χ1n) is 6.97. The van der Waals surface area contributed by atoms with E-state index < -0.39 is 12.2 Å². The highest BCUT2D eigenvalue weighted by Crippen LogP contribution is 2.27. The summed E-state index contributed by atoms with van der Waals surface area (Å²) < 4.78 is 11.6. The first kappa shape index (κ1) is 15.5. The van der Waals surface area contributed by atoms with Crippen molar-refractivity contribution in [2.45, 2.75) is 26.9 Å². The number of hydrazine groups is 1. The minimum Gasteiger partial charge on any atom is -0.452 e. The van der Waals surface area contributed by atoms with Gasteiger partial charge < -0.3 is 9.47 Å². The van der Waals surface area contributed by atoms with Crippen molar-refractivity contribution in [1.29, 1.82) is 0 Å². The molecular weight excluding hydrogens is 320 g/mol. The second kappa shape index (κ2) is 5.65. The van der Waals surface area contributed by atoms with Gasteiger partial charge >= 0.3 is 17.1 Å². The summed E-state index contributed by atoms with van der Waals surface area (Å²) in [5.74, 6) is 0. The lowest BCUT2D eigenvalue weighted by atomic mass is 10.2. The fraction of sp³-hybridized carbons (Fsp3) is 0.429. The Hall–Kier alpha value is -2.42. The maximum Gasteiger partial charge on any atom is 0.429 e. The number of fused-ring (bicyclic) bond motifs is 3. The molecule has 1 aliphatic rings. The van der Waals surface area contributed by atoms with Gasteiger partial charge in [-0.1, -0.05) is 0 Å². The van der Waals surface area contributed by atoms with Crippen molar-refractivity contribution in [1.82, 2.24) is 15.0 Å². The van der Waals surface area contributed by atoms with Crippen molar-refractivity contribution < 1.29 is 23.5 Å². The summed E-state index contributed by atoms with van der Waals surface area (Å²) in [6, 6.07) is 1.98. The van der Waals surface area contributed by atoms with Crippen LogP contribution in [0, 0.1) is 13.8 Å². The molecule has 3 heterocycles. The predicted octanol–water partition coefficient (Wildman–Crippen LogP) is 1.56. The van der Waals surface area contributed by atoms with E-state index in [0.29, 0.717) is 0 Å². The van der Waals surface area contributed by atoms with Gasteiger partial charge in [0, 0.05) is 13.0 Å². The Labute approximate surface area is 136 Å². The Morgan fingerprint density at radius 1 is 1.17 bits per heavy atom. The van der Waals surface area contributed by atoms with Gasteiger partial charge in [0.15, 0.2) is 5.69 Å². The molecule has 2 amide bonds. The lowest BCUT2D eigenvalue weighted by Gasteiger charge is -2.34. The Kier molecular flexibility index (Phi) is 3.80. The molecule has 0 N–H and O–H groups in total. The quantitative estimate of drug-likeness (QED) is 0.682. The van der Waals surface area contributed by atoms with E-state index in [9.17, 15) is 9.59 Å². The van der Waals surface area contributed by atoms with Gasteiger partial charge in [0.05, 0.1) is 25.6 Å². The van der Waals surface area contributed by atoms with Crippen LogP contribution in [-0.2, 0) is 22.6 Å². The second-order valence-corrected chi connectivity index (χ2v) is 6.25. The predicted molar refractivity (Wildman–Crippen MR) is 80.6 cm³/mol. The van der Waals surface area contributed by atoms with Gasteiger partial charge in [-0.3, -0.25) is 0 Å². The van der Waals surface area contributed by atoms with Gasteiger partial charge in [-0.15, -0.1) is 0 Å². The minimum atomic E-state index is -0.612. The van der Waals surface area contributed by atoms with Crippen LogP contribution in [0.15, 0.2) is 6.07 Å². The summed E-state index contributed by atoms with van der Waals surface area (Å²) in [7, 11) is 2.56. The van der Waals surface area contributed by atoms with Crippen LogP contribution in [0.1, 0.15) is 22.0 Å². The number of carbonyl (C=O) groups is 2. The number of hydrogen-bond donors (Lipinski definition) is 0. The lowest BCUT2D eigenvalue weighted by molar-refractivity contribution is -0.531. The van der Waals surface area contributed by atoms with Gasteiger partial charge in [-0.05, 0) is 23.2 Å². The topological polar surface area (TPSA) is 76.1 Å². The number of rotatable bonds is 0. The van der Waals surface area contributed by atoms with Crippen LogP contribution < -0.4 is 4.40 Å². The Morgan fingerprint density at radius 3 is 2.39 bits per heavy atom. The Morgan fingerprint density at radius 2 is 1.78 bits per heavy atom. The van der Waals surface area contributed by atoms with Crippen LogP contribution in [0.3, 0.4) is 0 Å². The molecule has 2 aromatic heterocycles. The van der Waals surface area contributed by atoms with E-state index >= 15 is 0 Å². The highest BCUT2D eigenvalue weighted by Gasteiger charge is 2.38. The number of amides is 2. The van der Waals surface area contributed by atoms with Crippen LogP contribution in [0.5, 0.6) is 0 Å². The first-order valence-corrected chi connectivity index (χ1v) is 7.79. The maximum atomic E-state index is 12.0. The number of aromatic nitrogens is 2. The molecule has 0 aromatic carbocycles. The smallest absolute Gasteiger partial charge is 0.429 e.